The van der Waals surface area contributed by atoms with Gasteiger partial charge in [0, 0.05) is 18.8 Å². The molecular formula is C36H55N5O8S. The van der Waals surface area contributed by atoms with Crippen LogP contribution in [0.4, 0.5) is 10.5 Å². The quantitative estimate of drug-likeness (QED) is 0.211. The van der Waals surface area contributed by atoms with Gasteiger partial charge in [0.25, 0.3) is 5.91 Å². The number of benzene rings is 1. The second-order valence-corrected chi connectivity index (χ2v) is 17.5. The normalized spacial score (nSPS) is 22.8. The fraction of sp³-hybridized carbons (Fsp3) is 0.694. The number of hydrogen-bond donors (Lipinski definition) is 4. The fourth-order valence-electron chi connectivity index (χ4n) is 7.49. The molecule has 1 aromatic carbocycles. The first-order chi connectivity index (χ1) is 23.3. The lowest BCUT2D eigenvalue weighted by atomic mass is 9.83. The van der Waals surface area contributed by atoms with E-state index in [4.69, 9.17) is 4.74 Å². The zero-order valence-corrected chi connectivity index (χ0v) is 31.3. The highest BCUT2D eigenvalue weighted by Crippen LogP contribution is 2.65. The lowest BCUT2D eigenvalue weighted by molar-refractivity contribution is -0.145. The molecule has 14 heteroatoms. The summed E-state index contributed by atoms with van der Waals surface area (Å²) in [5, 5.41) is 7.98. The number of likely N-dealkylation sites (tertiary alicyclic amines) is 1. The molecule has 1 aromatic rings. The van der Waals surface area contributed by atoms with Gasteiger partial charge in [-0.2, -0.15) is 0 Å². The fourth-order valence-corrected chi connectivity index (χ4v) is 8.45. The molecule has 4 rings (SSSR count). The molecule has 1 heterocycles. The van der Waals surface area contributed by atoms with Crippen molar-refractivity contribution in [2.75, 3.05) is 23.6 Å². The molecule has 2 aliphatic carbocycles. The number of aryl methyl sites for hydroxylation is 1. The molecular weight excluding hydrogens is 662 g/mol. The van der Waals surface area contributed by atoms with Gasteiger partial charge in [0.05, 0.1) is 11.8 Å². The van der Waals surface area contributed by atoms with Crippen molar-refractivity contribution in [3.05, 3.63) is 29.8 Å². The first-order valence-corrected chi connectivity index (χ1v) is 19.5. The Morgan fingerprint density at radius 2 is 1.64 bits per heavy atom. The van der Waals surface area contributed by atoms with Crippen molar-refractivity contribution < 1.29 is 37.1 Å². The summed E-state index contributed by atoms with van der Waals surface area (Å²) in [6.07, 6.45) is 4.42. The number of carbonyl (C=O) groups excluding carboxylic acids is 5. The predicted molar refractivity (Wildman–Crippen MR) is 189 cm³/mol. The topological polar surface area (TPSA) is 180 Å². The van der Waals surface area contributed by atoms with Crippen LogP contribution >= 0.6 is 0 Å². The van der Waals surface area contributed by atoms with Crippen molar-refractivity contribution in [1.29, 1.82) is 0 Å². The number of sulfonamides is 1. The van der Waals surface area contributed by atoms with Gasteiger partial charge in [-0.3, -0.25) is 23.9 Å². The van der Waals surface area contributed by atoms with Crippen molar-refractivity contribution in [2.24, 2.45) is 23.2 Å². The van der Waals surface area contributed by atoms with Crippen LogP contribution < -0.4 is 20.7 Å². The summed E-state index contributed by atoms with van der Waals surface area (Å²) >= 11 is 0. The van der Waals surface area contributed by atoms with Crippen LogP contribution in [0.3, 0.4) is 0 Å². The smallest absolute Gasteiger partial charge is 0.408 e. The monoisotopic (exact) mass is 717 g/mol. The summed E-state index contributed by atoms with van der Waals surface area (Å²) in [4.78, 5) is 69.1. The first-order valence-electron chi connectivity index (χ1n) is 17.8. The molecule has 1 aliphatic heterocycles. The molecule has 0 radical (unpaired) electrons. The number of ether oxygens (including phenoxy) is 1. The van der Waals surface area contributed by atoms with Crippen LogP contribution in [0.25, 0.3) is 0 Å². The number of amides is 4. The molecule has 0 spiro atoms. The van der Waals surface area contributed by atoms with Crippen molar-refractivity contribution in [3.63, 3.8) is 0 Å². The van der Waals surface area contributed by atoms with E-state index in [1.165, 1.54) is 0 Å². The van der Waals surface area contributed by atoms with Crippen molar-refractivity contribution in [2.45, 2.75) is 117 Å². The van der Waals surface area contributed by atoms with Gasteiger partial charge in [-0.05, 0) is 82.3 Å². The van der Waals surface area contributed by atoms with Gasteiger partial charge in [-0.15, -0.1) is 0 Å². The standard InChI is InChI=1S/C36H55N5O8S/c1-8-12-26(30(42)32(44)37-19-20-50(47,48)40-24-17-15-22(2)16-18-24)38-31(43)29-27-25(36(27,6)7)21-41(29)33(45)28(23-13-10-9-11-14-23)39-34(46)49-35(3,4)5/h15-18,23,25-29,40H,8-14,19-21H2,1-7H3,(H,37,44)(H,38,43)(H,39,46)/t25?,26?,27?,28?,29-/m0/s1. The van der Waals surface area contributed by atoms with E-state index in [1.807, 2.05) is 27.7 Å². The largest absolute Gasteiger partial charge is 0.444 e. The maximum Gasteiger partial charge on any atom is 0.408 e. The van der Waals surface area contributed by atoms with E-state index in [0.29, 0.717) is 18.7 Å². The van der Waals surface area contributed by atoms with Gasteiger partial charge in [0.2, 0.25) is 27.6 Å². The number of nitrogens with one attached hydrogen (secondary N) is 4. The number of nitrogens with zero attached hydrogens (tertiary/aromatic N) is 1. The maximum absolute atomic E-state index is 14.3. The highest BCUT2D eigenvalue weighted by molar-refractivity contribution is 7.92. The van der Waals surface area contributed by atoms with E-state index in [9.17, 15) is 32.4 Å². The number of rotatable bonds is 14. The maximum atomic E-state index is 14.3. The SMILES string of the molecule is CCCC(NC(=O)[C@@H]1C2C(CN1C(=O)C(NC(=O)OC(C)(C)C)C1CCCCC1)C2(C)C)C(=O)C(=O)NCCS(=O)(=O)Nc1ccc(C)cc1. The Labute approximate surface area is 296 Å². The number of Topliss-reactive ketones (excluding diaryl/α,β-unsaturated/α-hetero) is 1. The van der Waals surface area contributed by atoms with E-state index in [2.05, 4.69) is 20.7 Å². The van der Waals surface area contributed by atoms with Gasteiger partial charge in [0.15, 0.2) is 0 Å². The van der Waals surface area contributed by atoms with Gasteiger partial charge < -0.3 is 25.6 Å². The van der Waals surface area contributed by atoms with Crippen molar-refractivity contribution >= 4 is 45.3 Å². The van der Waals surface area contributed by atoms with E-state index in [1.54, 1.807) is 49.9 Å². The molecule has 4 unspecified atom stereocenters. The highest BCUT2D eigenvalue weighted by Gasteiger charge is 2.69. The summed E-state index contributed by atoms with van der Waals surface area (Å²) in [7, 11) is -3.81. The van der Waals surface area contributed by atoms with E-state index in [0.717, 1.165) is 37.7 Å². The third-order valence-electron chi connectivity index (χ3n) is 10.2. The zero-order chi connectivity index (χ0) is 37.0. The average Bonchev–Trinajstić information content (AvgIpc) is 3.34. The minimum atomic E-state index is -3.81. The number of piperidine rings is 1. The molecule has 3 aliphatic rings. The molecule has 0 aromatic heterocycles. The third-order valence-corrected chi connectivity index (χ3v) is 11.5. The molecule has 5 atom stereocenters. The van der Waals surface area contributed by atoms with E-state index >= 15 is 0 Å². The molecule has 2 saturated carbocycles. The molecule has 4 N–H and O–H groups in total. The highest BCUT2D eigenvalue weighted by atomic mass is 32.2. The van der Waals surface area contributed by atoms with Crippen LogP contribution in [0, 0.1) is 30.1 Å². The molecule has 13 nitrogen and oxygen atoms in total. The van der Waals surface area contributed by atoms with E-state index in [-0.39, 0.29) is 42.0 Å². The second kappa shape index (κ2) is 15.7. The number of anilines is 1. The number of fused-ring (bicyclic) bond motifs is 1. The number of carbonyl (C=O) groups is 5. The van der Waals surface area contributed by atoms with Crippen LogP contribution in [0.2, 0.25) is 0 Å². The average molecular weight is 718 g/mol. The Bertz CT molecular complexity index is 1530. The van der Waals surface area contributed by atoms with Gasteiger partial charge >= 0.3 is 6.09 Å². The van der Waals surface area contributed by atoms with Crippen molar-refractivity contribution in [1.82, 2.24) is 20.9 Å². The van der Waals surface area contributed by atoms with Crippen LogP contribution in [-0.4, -0.2) is 85.5 Å². The summed E-state index contributed by atoms with van der Waals surface area (Å²) in [6.45, 7) is 13.1. The molecule has 0 bridgehead atoms. The third kappa shape index (κ3) is 9.76. The Kier molecular flexibility index (Phi) is 12.3. The van der Waals surface area contributed by atoms with Gasteiger partial charge in [0.1, 0.15) is 17.7 Å². The van der Waals surface area contributed by atoms with Crippen LogP contribution in [0.1, 0.15) is 92.1 Å². The first kappa shape index (κ1) is 39.1. The van der Waals surface area contributed by atoms with Crippen LogP contribution in [0.15, 0.2) is 24.3 Å². The lowest BCUT2D eigenvalue weighted by Crippen LogP contribution is -2.60. The summed E-state index contributed by atoms with van der Waals surface area (Å²) < 4.78 is 33.0. The van der Waals surface area contributed by atoms with Crippen LogP contribution in [-0.2, 0) is 33.9 Å². The number of ketones is 1. The minimum Gasteiger partial charge on any atom is -0.444 e. The van der Waals surface area contributed by atoms with Crippen LogP contribution in [0.5, 0.6) is 0 Å². The van der Waals surface area contributed by atoms with Gasteiger partial charge in [-0.25, -0.2) is 13.2 Å². The zero-order valence-electron chi connectivity index (χ0n) is 30.5. The molecule has 4 amide bonds. The second-order valence-electron chi connectivity index (χ2n) is 15.7. The Morgan fingerprint density at radius 1 is 1.00 bits per heavy atom. The Balaban J connectivity index is 1.44. The Hall–Kier alpha value is -3.68. The predicted octanol–water partition coefficient (Wildman–Crippen LogP) is 3.66. The lowest BCUT2D eigenvalue weighted by Gasteiger charge is -2.37. The van der Waals surface area contributed by atoms with Crippen molar-refractivity contribution in [3.8, 4) is 0 Å². The summed E-state index contributed by atoms with van der Waals surface area (Å²) in [5.41, 5.74) is 0.387. The molecule has 50 heavy (non-hydrogen) atoms. The number of alkyl carbamates (subject to hydrolysis) is 1. The molecule has 278 valence electrons. The molecule has 3 fully saturated rings. The minimum absolute atomic E-state index is 0.0647. The summed E-state index contributed by atoms with van der Waals surface area (Å²) in [5.74, 6) is -3.42. The summed E-state index contributed by atoms with van der Waals surface area (Å²) in [6, 6.07) is 3.87. The Morgan fingerprint density at radius 3 is 2.24 bits per heavy atom. The van der Waals surface area contributed by atoms with E-state index < -0.39 is 63.2 Å². The molecule has 1 saturated heterocycles. The van der Waals surface area contributed by atoms with Gasteiger partial charge in [-0.1, -0.05) is 64.2 Å². The number of hydrogen-bond acceptors (Lipinski definition) is 8.